The molecule has 0 aliphatic rings. The zero-order valence-corrected chi connectivity index (χ0v) is 11.4. The molecule has 4 N–H and O–H groups in total. The number of hydrogen-bond acceptors (Lipinski definition) is 7. The smallest absolute Gasteiger partial charge is 0.257 e. The lowest BCUT2D eigenvalue weighted by molar-refractivity contribution is 0.229. The third-order valence-electron chi connectivity index (χ3n) is 2.82. The van der Waals surface area contributed by atoms with Crippen molar-refractivity contribution in [1.82, 2.24) is 24.7 Å². The summed E-state index contributed by atoms with van der Waals surface area (Å²) in [4.78, 5) is 12.3. The maximum atomic E-state index is 8.95. The summed E-state index contributed by atoms with van der Waals surface area (Å²) in [5.74, 6) is 1.27. The average molecular weight is 277 g/mol. The highest BCUT2D eigenvalue weighted by atomic mass is 16.3. The average Bonchev–Trinajstić information content (AvgIpc) is 2.97. The van der Waals surface area contributed by atoms with Gasteiger partial charge in [0.15, 0.2) is 0 Å². The first-order valence-corrected chi connectivity index (χ1v) is 6.55. The Bertz CT molecular complexity index is 529. The lowest BCUT2D eigenvalue weighted by Gasteiger charge is -2.09. The van der Waals surface area contributed by atoms with Gasteiger partial charge in [-0.2, -0.15) is 20.1 Å². The highest BCUT2D eigenvalue weighted by Gasteiger charge is 2.06. The van der Waals surface area contributed by atoms with Crippen molar-refractivity contribution in [2.45, 2.75) is 19.8 Å². The topological polar surface area (TPSA) is 115 Å². The molecule has 1 atom stereocenters. The van der Waals surface area contributed by atoms with E-state index < -0.39 is 0 Å². The molecule has 2 rings (SSSR count). The molecule has 0 radical (unpaired) electrons. The van der Waals surface area contributed by atoms with Crippen LogP contribution in [-0.4, -0.2) is 43.0 Å². The third kappa shape index (κ3) is 3.89. The molecule has 108 valence electrons. The summed E-state index contributed by atoms with van der Waals surface area (Å²) in [5.41, 5.74) is 5.66. The van der Waals surface area contributed by atoms with E-state index in [1.165, 1.54) is 4.68 Å². The number of nitrogens with two attached hydrogens (primary N) is 1. The van der Waals surface area contributed by atoms with Crippen molar-refractivity contribution < 1.29 is 5.11 Å². The van der Waals surface area contributed by atoms with Gasteiger partial charge in [-0.1, -0.05) is 6.92 Å². The van der Waals surface area contributed by atoms with Crippen LogP contribution in [0.3, 0.4) is 0 Å². The van der Waals surface area contributed by atoms with E-state index >= 15 is 0 Å². The Morgan fingerprint density at radius 2 is 2.25 bits per heavy atom. The molecule has 20 heavy (non-hydrogen) atoms. The van der Waals surface area contributed by atoms with Gasteiger partial charge in [-0.3, -0.25) is 0 Å². The summed E-state index contributed by atoms with van der Waals surface area (Å²) in [6.07, 6.45) is 5.24. The number of nitrogen functional groups attached to an aromatic ring is 1. The maximum Gasteiger partial charge on any atom is 0.257 e. The number of rotatable bonds is 7. The van der Waals surface area contributed by atoms with E-state index in [4.69, 9.17) is 10.8 Å². The molecule has 0 saturated carbocycles. The Hall–Kier alpha value is -2.22. The van der Waals surface area contributed by atoms with Gasteiger partial charge in [0.1, 0.15) is 0 Å². The number of nitrogens with one attached hydrogen (secondary N) is 1. The van der Waals surface area contributed by atoms with Gasteiger partial charge in [0.25, 0.3) is 5.95 Å². The van der Waals surface area contributed by atoms with Crippen LogP contribution in [0.5, 0.6) is 0 Å². The Morgan fingerprint density at radius 1 is 1.40 bits per heavy atom. The molecule has 0 saturated heterocycles. The van der Waals surface area contributed by atoms with E-state index in [0.717, 1.165) is 12.8 Å². The predicted molar refractivity (Wildman–Crippen MR) is 75.3 cm³/mol. The number of anilines is 2. The van der Waals surface area contributed by atoms with E-state index in [2.05, 4.69) is 25.4 Å². The van der Waals surface area contributed by atoms with Gasteiger partial charge in [0, 0.05) is 25.5 Å². The van der Waals surface area contributed by atoms with Gasteiger partial charge in [0.2, 0.25) is 11.9 Å². The highest BCUT2D eigenvalue weighted by Crippen LogP contribution is 2.08. The molecule has 0 amide bonds. The molecule has 2 aromatic rings. The molecule has 0 fully saturated rings. The fourth-order valence-corrected chi connectivity index (χ4v) is 1.69. The van der Waals surface area contributed by atoms with Gasteiger partial charge >= 0.3 is 0 Å². The molecular formula is C12H19N7O. The van der Waals surface area contributed by atoms with Crippen molar-refractivity contribution >= 4 is 11.9 Å². The zero-order valence-electron chi connectivity index (χ0n) is 11.4. The normalized spacial score (nSPS) is 12.3. The summed E-state index contributed by atoms with van der Waals surface area (Å²) in [7, 11) is 0. The number of aliphatic hydroxyl groups is 1. The summed E-state index contributed by atoms with van der Waals surface area (Å²) >= 11 is 0. The highest BCUT2D eigenvalue weighted by molar-refractivity contribution is 5.34. The van der Waals surface area contributed by atoms with Crippen LogP contribution < -0.4 is 11.1 Å². The molecule has 8 nitrogen and oxygen atoms in total. The van der Waals surface area contributed by atoms with Crippen molar-refractivity contribution in [3.63, 3.8) is 0 Å². The van der Waals surface area contributed by atoms with E-state index in [-0.39, 0.29) is 12.6 Å². The van der Waals surface area contributed by atoms with Gasteiger partial charge in [-0.15, -0.1) is 0 Å². The van der Waals surface area contributed by atoms with Crippen LogP contribution in [0.15, 0.2) is 18.5 Å². The minimum atomic E-state index is 0.150. The molecule has 2 heterocycles. The second kappa shape index (κ2) is 6.80. The van der Waals surface area contributed by atoms with Crippen molar-refractivity contribution in [2.75, 3.05) is 24.2 Å². The third-order valence-corrected chi connectivity index (χ3v) is 2.82. The Labute approximate surface area is 117 Å². The molecule has 0 aliphatic heterocycles. The molecule has 0 spiro atoms. The molecule has 0 bridgehead atoms. The van der Waals surface area contributed by atoms with Crippen LogP contribution in [0.1, 0.15) is 19.8 Å². The van der Waals surface area contributed by atoms with Gasteiger partial charge < -0.3 is 16.2 Å². The first-order chi connectivity index (χ1) is 9.69. The van der Waals surface area contributed by atoms with Crippen LogP contribution in [0.2, 0.25) is 0 Å². The zero-order chi connectivity index (χ0) is 14.4. The van der Waals surface area contributed by atoms with Crippen molar-refractivity contribution in [2.24, 2.45) is 5.92 Å². The number of hydrogen-bond donors (Lipinski definition) is 3. The Morgan fingerprint density at radius 3 is 2.95 bits per heavy atom. The molecule has 8 heteroatoms. The second-order valence-electron chi connectivity index (χ2n) is 4.62. The monoisotopic (exact) mass is 277 g/mol. The molecule has 0 aromatic carbocycles. The van der Waals surface area contributed by atoms with Crippen LogP contribution >= 0.6 is 0 Å². The fourth-order valence-electron chi connectivity index (χ4n) is 1.69. The minimum absolute atomic E-state index is 0.150. The van der Waals surface area contributed by atoms with Crippen molar-refractivity contribution in [1.29, 1.82) is 0 Å². The Balaban J connectivity index is 1.95. The first kappa shape index (κ1) is 14.2. The molecule has 0 aliphatic carbocycles. The summed E-state index contributed by atoms with van der Waals surface area (Å²) in [5, 5.41) is 16.1. The van der Waals surface area contributed by atoms with Crippen LogP contribution in [0.25, 0.3) is 5.95 Å². The van der Waals surface area contributed by atoms with Gasteiger partial charge in [-0.05, 0) is 24.8 Å². The summed E-state index contributed by atoms with van der Waals surface area (Å²) in [6, 6.07) is 1.78. The maximum absolute atomic E-state index is 8.95. The SMILES string of the molecule is CC(CO)CCCNc1nc(N)nc(-n2cccn2)n1. The molecule has 1 unspecified atom stereocenters. The lowest BCUT2D eigenvalue weighted by Crippen LogP contribution is -2.13. The number of aromatic nitrogens is 5. The predicted octanol–water partition coefficient (Wildman–Crippen LogP) is 0.460. The number of aliphatic hydroxyl groups excluding tert-OH is 1. The van der Waals surface area contributed by atoms with Crippen molar-refractivity contribution in [3.05, 3.63) is 18.5 Å². The lowest BCUT2D eigenvalue weighted by atomic mass is 10.1. The quantitative estimate of drug-likeness (QED) is 0.630. The number of nitrogens with zero attached hydrogens (tertiary/aromatic N) is 5. The largest absolute Gasteiger partial charge is 0.396 e. The van der Waals surface area contributed by atoms with Crippen molar-refractivity contribution in [3.8, 4) is 5.95 Å². The van der Waals surface area contributed by atoms with E-state index in [0.29, 0.717) is 24.4 Å². The molecular weight excluding hydrogens is 258 g/mol. The van der Waals surface area contributed by atoms with E-state index in [1.807, 2.05) is 6.92 Å². The fraction of sp³-hybridized carbons (Fsp3) is 0.500. The molecule has 2 aromatic heterocycles. The Kier molecular flexibility index (Phi) is 4.83. The second-order valence-corrected chi connectivity index (χ2v) is 4.62. The van der Waals surface area contributed by atoms with Gasteiger partial charge in [0.05, 0.1) is 0 Å². The van der Waals surface area contributed by atoms with Crippen LogP contribution in [-0.2, 0) is 0 Å². The summed E-state index contributed by atoms with van der Waals surface area (Å²) in [6.45, 7) is 2.94. The van der Waals surface area contributed by atoms with E-state index in [9.17, 15) is 0 Å². The van der Waals surface area contributed by atoms with Crippen LogP contribution in [0.4, 0.5) is 11.9 Å². The first-order valence-electron chi connectivity index (χ1n) is 6.55. The van der Waals surface area contributed by atoms with E-state index in [1.54, 1.807) is 18.5 Å². The summed E-state index contributed by atoms with van der Waals surface area (Å²) < 4.78 is 1.52. The minimum Gasteiger partial charge on any atom is -0.396 e. The van der Waals surface area contributed by atoms with Crippen LogP contribution in [0, 0.1) is 5.92 Å². The van der Waals surface area contributed by atoms with Gasteiger partial charge in [-0.25, -0.2) is 4.68 Å². The standard InChI is InChI=1S/C12H19N7O/c1-9(8-20)4-2-5-14-11-16-10(13)17-12(18-11)19-7-3-6-15-19/h3,6-7,9,20H,2,4-5,8H2,1H3,(H3,13,14,16,17,18).